The van der Waals surface area contributed by atoms with Crippen molar-refractivity contribution in [1.29, 1.82) is 0 Å². The van der Waals surface area contributed by atoms with Gasteiger partial charge in [0.25, 0.3) is 0 Å². The number of fused-ring (bicyclic) bond motifs is 1. The Kier molecular flexibility index (Phi) is 5.53. The molecule has 1 aliphatic rings. The molecule has 3 aromatic heterocycles. The molecule has 0 aliphatic carbocycles. The highest BCUT2D eigenvalue weighted by atomic mass is 35.5. The van der Waals surface area contributed by atoms with Gasteiger partial charge >= 0.3 is 0 Å². The first kappa shape index (κ1) is 19.9. The summed E-state index contributed by atoms with van der Waals surface area (Å²) in [5.41, 5.74) is 4.39. The third kappa shape index (κ3) is 4.24. The normalized spacial score (nSPS) is 14.8. The smallest absolute Gasteiger partial charge is 0.132 e. The molecule has 4 heterocycles. The highest BCUT2D eigenvalue weighted by molar-refractivity contribution is 6.30. The molecule has 5 rings (SSSR count). The lowest BCUT2D eigenvalue weighted by Crippen LogP contribution is -2.30. The van der Waals surface area contributed by atoms with Gasteiger partial charge in [0.1, 0.15) is 16.9 Å². The molecule has 158 valence electrons. The largest absolute Gasteiger partial charge is 0.354 e. The fourth-order valence-corrected chi connectivity index (χ4v) is 4.24. The summed E-state index contributed by atoms with van der Waals surface area (Å²) >= 11 is 6.06. The molecule has 0 radical (unpaired) electrons. The predicted octanol–water partition coefficient (Wildman–Crippen LogP) is 5.03. The molecular weight excluding hydrogens is 415 g/mol. The lowest BCUT2D eigenvalue weighted by molar-refractivity contribution is 0.325. The third-order valence-corrected chi connectivity index (χ3v) is 5.90. The number of pyridine rings is 2. The minimum atomic E-state index is -0.361. The van der Waals surface area contributed by atoms with Crippen molar-refractivity contribution in [3.8, 4) is 11.3 Å². The number of anilines is 2. The number of hydrogen-bond donors (Lipinski definition) is 2. The van der Waals surface area contributed by atoms with Crippen LogP contribution in [0.1, 0.15) is 12.8 Å². The van der Waals surface area contributed by atoms with Crippen LogP contribution in [-0.4, -0.2) is 32.8 Å². The van der Waals surface area contributed by atoms with Crippen molar-refractivity contribution in [3.63, 3.8) is 0 Å². The zero-order valence-corrected chi connectivity index (χ0v) is 17.6. The molecule has 0 unspecified atom stereocenters. The maximum absolute atomic E-state index is 14.3. The molecule has 0 saturated carbocycles. The second kappa shape index (κ2) is 8.61. The fourth-order valence-electron chi connectivity index (χ4n) is 4.07. The molecule has 0 spiro atoms. The Balaban J connectivity index is 1.47. The predicted molar refractivity (Wildman–Crippen MR) is 121 cm³/mol. The van der Waals surface area contributed by atoms with Crippen LogP contribution >= 0.6 is 11.6 Å². The maximum Gasteiger partial charge on any atom is 0.132 e. The summed E-state index contributed by atoms with van der Waals surface area (Å²) in [6, 6.07) is 10.1. The van der Waals surface area contributed by atoms with E-state index in [0.717, 1.165) is 54.9 Å². The van der Waals surface area contributed by atoms with Gasteiger partial charge in [-0.15, -0.1) is 0 Å². The van der Waals surface area contributed by atoms with E-state index in [-0.39, 0.29) is 5.82 Å². The van der Waals surface area contributed by atoms with Crippen LogP contribution in [0.3, 0.4) is 0 Å². The van der Waals surface area contributed by atoms with E-state index in [1.54, 1.807) is 24.7 Å². The highest BCUT2D eigenvalue weighted by Crippen LogP contribution is 2.30. The third-order valence-electron chi connectivity index (χ3n) is 5.66. The van der Waals surface area contributed by atoms with Crippen LogP contribution in [0.5, 0.6) is 0 Å². The number of nitrogens with one attached hydrogen (secondary N) is 2. The fraction of sp³-hybridized carbons (Fsp3) is 0.261. The minimum Gasteiger partial charge on any atom is -0.354 e. The van der Waals surface area contributed by atoms with E-state index < -0.39 is 0 Å². The Hall–Kier alpha value is -3.03. The van der Waals surface area contributed by atoms with Gasteiger partial charge in [0.05, 0.1) is 17.6 Å². The summed E-state index contributed by atoms with van der Waals surface area (Å²) in [5.74, 6) is 0.233. The molecule has 6 nitrogen and oxygen atoms in total. The molecule has 4 aromatic rings. The number of rotatable bonds is 5. The Morgan fingerprint density at radius 3 is 2.81 bits per heavy atom. The maximum atomic E-state index is 14.3. The van der Waals surface area contributed by atoms with Gasteiger partial charge in [-0.25, -0.2) is 4.39 Å². The van der Waals surface area contributed by atoms with Gasteiger partial charge in [-0.2, -0.15) is 5.10 Å². The van der Waals surface area contributed by atoms with E-state index in [1.807, 2.05) is 22.9 Å². The molecule has 8 heteroatoms. The quantitative estimate of drug-likeness (QED) is 0.459. The Bertz CT molecular complexity index is 1220. The first-order chi connectivity index (χ1) is 15.2. The van der Waals surface area contributed by atoms with E-state index in [2.05, 4.69) is 25.7 Å². The molecular formula is C23H22ClFN6. The van der Waals surface area contributed by atoms with Gasteiger partial charge in [-0.1, -0.05) is 11.6 Å². The molecule has 1 fully saturated rings. The standard InChI is InChI=1S/C23H22ClFN6/c24-16-1-2-19(25)18(11-16)21-12-17(5-9-27-21)30-20-6-10-28-22-13-29-31(23(20)22)14-15-3-7-26-8-4-15/h1-2,5-6,9-13,15,26H,3-4,7-8,14H2,(H,27,28,30). The van der Waals surface area contributed by atoms with Crippen molar-refractivity contribution in [1.82, 2.24) is 25.1 Å². The van der Waals surface area contributed by atoms with Crippen molar-refractivity contribution in [3.05, 3.63) is 65.8 Å². The Labute approximate surface area is 184 Å². The number of aromatic nitrogens is 4. The highest BCUT2D eigenvalue weighted by Gasteiger charge is 2.17. The molecule has 0 amide bonds. The molecule has 31 heavy (non-hydrogen) atoms. The van der Waals surface area contributed by atoms with E-state index in [4.69, 9.17) is 11.6 Å². The zero-order valence-electron chi connectivity index (χ0n) is 16.9. The first-order valence-electron chi connectivity index (χ1n) is 10.4. The zero-order chi connectivity index (χ0) is 21.2. The van der Waals surface area contributed by atoms with Crippen LogP contribution in [0.15, 0.2) is 55.0 Å². The van der Waals surface area contributed by atoms with E-state index in [1.165, 1.54) is 12.1 Å². The average molecular weight is 437 g/mol. The van der Waals surface area contributed by atoms with E-state index >= 15 is 0 Å². The second-order valence-corrected chi connectivity index (χ2v) is 8.23. The molecule has 1 saturated heterocycles. The summed E-state index contributed by atoms with van der Waals surface area (Å²) in [6.45, 7) is 2.96. The lowest BCUT2D eigenvalue weighted by Gasteiger charge is -2.23. The van der Waals surface area contributed by atoms with Crippen LogP contribution in [0, 0.1) is 11.7 Å². The van der Waals surface area contributed by atoms with Crippen molar-refractivity contribution < 1.29 is 4.39 Å². The number of halogens is 2. The number of piperidine rings is 1. The summed E-state index contributed by atoms with van der Waals surface area (Å²) in [7, 11) is 0. The van der Waals surface area contributed by atoms with Gasteiger partial charge in [0.2, 0.25) is 0 Å². The summed E-state index contributed by atoms with van der Waals surface area (Å²) in [5, 5.41) is 11.9. The topological polar surface area (TPSA) is 67.7 Å². The molecule has 0 bridgehead atoms. The van der Waals surface area contributed by atoms with E-state index in [9.17, 15) is 4.39 Å². The number of hydrogen-bond acceptors (Lipinski definition) is 5. The van der Waals surface area contributed by atoms with E-state index in [0.29, 0.717) is 22.2 Å². The van der Waals surface area contributed by atoms with Gasteiger partial charge in [0.15, 0.2) is 0 Å². The Morgan fingerprint density at radius 1 is 1.10 bits per heavy atom. The van der Waals surface area contributed by atoms with Crippen LogP contribution in [0.2, 0.25) is 5.02 Å². The van der Waals surface area contributed by atoms with Crippen LogP contribution < -0.4 is 10.6 Å². The average Bonchev–Trinajstić information content (AvgIpc) is 3.20. The van der Waals surface area contributed by atoms with Crippen LogP contribution in [-0.2, 0) is 6.54 Å². The van der Waals surface area contributed by atoms with Gasteiger partial charge in [0, 0.05) is 35.2 Å². The van der Waals surface area contributed by atoms with Crippen molar-refractivity contribution in [2.45, 2.75) is 19.4 Å². The van der Waals surface area contributed by atoms with Gasteiger partial charge in [-0.3, -0.25) is 14.6 Å². The van der Waals surface area contributed by atoms with Crippen LogP contribution in [0.4, 0.5) is 15.8 Å². The monoisotopic (exact) mass is 436 g/mol. The van der Waals surface area contributed by atoms with Crippen LogP contribution in [0.25, 0.3) is 22.3 Å². The van der Waals surface area contributed by atoms with Gasteiger partial charge in [-0.05, 0) is 68.2 Å². The summed E-state index contributed by atoms with van der Waals surface area (Å²) < 4.78 is 16.4. The van der Waals surface area contributed by atoms with Crippen molar-refractivity contribution >= 4 is 34.0 Å². The molecule has 2 N–H and O–H groups in total. The Morgan fingerprint density at radius 2 is 1.94 bits per heavy atom. The van der Waals surface area contributed by atoms with Crippen molar-refractivity contribution in [2.75, 3.05) is 18.4 Å². The number of nitrogens with zero attached hydrogens (tertiary/aromatic N) is 4. The summed E-state index contributed by atoms with van der Waals surface area (Å²) in [4.78, 5) is 8.80. The minimum absolute atomic E-state index is 0.361. The molecule has 1 aliphatic heterocycles. The van der Waals surface area contributed by atoms with Crippen molar-refractivity contribution in [2.24, 2.45) is 5.92 Å². The summed E-state index contributed by atoms with van der Waals surface area (Å²) in [6.07, 6.45) is 7.51. The molecule has 0 atom stereocenters. The second-order valence-electron chi connectivity index (χ2n) is 7.79. The first-order valence-corrected chi connectivity index (χ1v) is 10.7. The van der Waals surface area contributed by atoms with Gasteiger partial charge < -0.3 is 10.6 Å². The molecule has 1 aromatic carbocycles. The number of benzene rings is 1. The SMILES string of the molecule is Fc1ccc(Cl)cc1-c1cc(Nc2ccnc3cnn(CC4CCNCC4)c23)ccn1. The lowest BCUT2D eigenvalue weighted by atomic mass is 9.98.